The van der Waals surface area contributed by atoms with Crippen LogP contribution in [0.3, 0.4) is 0 Å². The number of benzene rings is 2. The number of nitrogens with two attached hydrogens (primary N) is 2. The Bertz CT molecular complexity index is 1980. The molecule has 2 amide bonds. The van der Waals surface area contributed by atoms with E-state index < -0.39 is 35.0 Å². The van der Waals surface area contributed by atoms with E-state index in [0.717, 1.165) is 21.3 Å². The maximum Gasteiger partial charge on any atom is 0.252 e. The lowest BCUT2D eigenvalue weighted by atomic mass is 10.0. The van der Waals surface area contributed by atoms with Gasteiger partial charge in [-0.05, 0) is 60.8 Å². The molecule has 0 spiro atoms. The summed E-state index contributed by atoms with van der Waals surface area (Å²) in [7, 11) is 4.23. The molecule has 0 radical (unpaired) electrons. The summed E-state index contributed by atoms with van der Waals surface area (Å²) in [6.45, 7) is 0. The average Bonchev–Trinajstić information content (AvgIpc) is 2.95. The lowest BCUT2D eigenvalue weighted by molar-refractivity contribution is -0.129. The van der Waals surface area contributed by atoms with Crippen LogP contribution in [0.1, 0.15) is 12.1 Å². The standard InChI is InChI=1S/C27H25ClN6O7S2/c1-39-13-5-7-19(41-3)15(9-13)17-11-21(36)32-27(43)34(17)23(25(30)38)22(24(29)37)33-16(10-20(35)31-26(33)42)14-8-12(28)4-6-18(14)40-2/h4-11,22-23H,1-3H3,(H2,29,37)(H2,30,38)(H,31,35,42)(H,32,36,43). The minimum absolute atomic E-state index is 0.0274. The van der Waals surface area contributed by atoms with Gasteiger partial charge in [-0.1, -0.05) is 11.6 Å². The highest BCUT2D eigenvalue weighted by atomic mass is 35.5. The van der Waals surface area contributed by atoms with Crippen molar-refractivity contribution in [1.29, 1.82) is 0 Å². The van der Waals surface area contributed by atoms with E-state index in [1.54, 1.807) is 30.3 Å². The van der Waals surface area contributed by atoms with Crippen molar-refractivity contribution in [1.82, 2.24) is 19.1 Å². The molecule has 0 bridgehead atoms. The highest BCUT2D eigenvalue weighted by Crippen LogP contribution is 2.39. The van der Waals surface area contributed by atoms with Gasteiger partial charge < -0.3 is 34.8 Å². The first-order valence-corrected chi connectivity index (χ1v) is 13.5. The quantitative estimate of drug-likeness (QED) is 0.188. The van der Waals surface area contributed by atoms with E-state index in [1.165, 1.54) is 27.4 Å². The van der Waals surface area contributed by atoms with Crippen LogP contribution >= 0.6 is 36.0 Å². The van der Waals surface area contributed by atoms with E-state index in [2.05, 4.69) is 9.97 Å². The zero-order valence-corrected chi connectivity index (χ0v) is 25.3. The number of H-pyrrole nitrogens is 2. The molecule has 2 heterocycles. The fourth-order valence-electron chi connectivity index (χ4n) is 4.72. The summed E-state index contributed by atoms with van der Waals surface area (Å²) in [5, 5.41) is 0.269. The van der Waals surface area contributed by atoms with Crippen LogP contribution in [0.15, 0.2) is 58.1 Å². The first-order valence-electron chi connectivity index (χ1n) is 12.3. The van der Waals surface area contributed by atoms with Gasteiger partial charge in [0, 0.05) is 28.3 Å². The van der Waals surface area contributed by atoms with Gasteiger partial charge in [-0.3, -0.25) is 29.1 Å². The monoisotopic (exact) mass is 644 g/mol. The number of aromatic nitrogens is 4. The molecule has 2 aromatic carbocycles. The number of nitrogens with zero attached hydrogens (tertiary/aromatic N) is 2. The summed E-state index contributed by atoms with van der Waals surface area (Å²) in [6, 6.07) is 8.18. The van der Waals surface area contributed by atoms with Crippen molar-refractivity contribution in [3.8, 4) is 39.8 Å². The minimum Gasteiger partial charge on any atom is -0.497 e. The highest BCUT2D eigenvalue weighted by molar-refractivity contribution is 7.71. The number of hydrogen-bond acceptors (Lipinski definition) is 9. The van der Waals surface area contributed by atoms with Crippen LogP contribution in [0, 0.1) is 9.54 Å². The summed E-state index contributed by atoms with van der Waals surface area (Å²) in [4.78, 5) is 56.9. The van der Waals surface area contributed by atoms with Crippen molar-refractivity contribution in [2.24, 2.45) is 11.5 Å². The molecule has 4 rings (SSSR count). The van der Waals surface area contributed by atoms with Crippen molar-refractivity contribution in [3.63, 3.8) is 0 Å². The second kappa shape index (κ2) is 12.6. The van der Waals surface area contributed by atoms with Crippen LogP contribution in [0.4, 0.5) is 0 Å². The van der Waals surface area contributed by atoms with Crippen molar-refractivity contribution < 1.29 is 23.8 Å². The Hall–Kier alpha value is -4.73. The smallest absolute Gasteiger partial charge is 0.252 e. The van der Waals surface area contributed by atoms with Gasteiger partial charge in [0.15, 0.2) is 9.54 Å². The molecule has 2 aromatic heterocycles. The molecule has 0 fully saturated rings. The Morgan fingerprint density at radius 1 is 0.744 bits per heavy atom. The molecule has 0 saturated heterocycles. The zero-order chi connectivity index (χ0) is 31.6. The minimum atomic E-state index is -1.71. The number of methoxy groups -OCH3 is 3. The number of hydrogen-bond donors (Lipinski definition) is 4. The van der Waals surface area contributed by atoms with Gasteiger partial charge in [0.1, 0.15) is 29.3 Å². The molecule has 6 N–H and O–H groups in total. The number of halogens is 1. The summed E-state index contributed by atoms with van der Waals surface area (Å²) >= 11 is 17.3. The fraction of sp³-hybridized carbons (Fsp3) is 0.185. The molecular weight excluding hydrogens is 620 g/mol. The number of primary amides is 2. The third-order valence-corrected chi connectivity index (χ3v) is 7.34. The summed E-state index contributed by atoms with van der Waals surface area (Å²) < 4.78 is 18.1. The van der Waals surface area contributed by atoms with Crippen LogP contribution in [-0.2, 0) is 9.59 Å². The molecule has 43 heavy (non-hydrogen) atoms. The van der Waals surface area contributed by atoms with E-state index >= 15 is 0 Å². The Labute approximate surface area is 258 Å². The second-order valence-corrected chi connectivity index (χ2v) is 10.2. The van der Waals surface area contributed by atoms with Gasteiger partial charge in [0.25, 0.3) is 11.1 Å². The number of amides is 2. The maximum atomic E-state index is 13.4. The zero-order valence-electron chi connectivity index (χ0n) is 22.9. The summed E-state index contributed by atoms with van der Waals surface area (Å²) in [6.07, 6.45) is 0. The Morgan fingerprint density at radius 2 is 1.19 bits per heavy atom. The molecular formula is C27H25ClN6O7S2. The van der Waals surface area contributed by atoms with Crippen molar-refractivity contribution in [3.05, 3.63) is 83.8 Å². The van der Waals surface area contributed by atoms with Gasteiger partial charge in [-0.2, -0.15) is 0 Å². The predicted octanol–water partition coefficient (Wildman–Crippen LogP) is 2.89. The first kappa shape index (κ1) is 31.2. The second-order valence-electron chi connectivity index (χ2n) is 8.99. The number of ether oxygens (including phenoxy) is 3. The van der Waals surface area contributed by atoms with Crippen LogP contribution in [-0.4, -0.2) is 52.2 Å². The van der Waals surface area contributed by atoms with Crippen molar-refractivity contribution in [2.45, 2.75) is 12.1 Å². The SMILES string of the molecule is COc1ccc(OC)c(-c2cc(=O)[nH]c(=S)n2C(C(N)=O)C(C(N)=O)n2c(-c3cc(Cl)ccc3OC)cc(=O)[nH]c2=S)c1. The predicted molar refractivity (Wildman–Crippen MR) is 164 cm³/mol. The first-order chi connectivity index (χ1) is 20.4. The molecule has 0 aliphatic heterocycles. The summed E-state index contributed by atoms with van der Waals surface area (Å²) in [5.74, 6) is -1.23. The largest absolute Gasteiger partial charge is 0.497 e. The summed E-state index contributed by atoms with van der Waals surface area (Å²) in [5.41, 5.74) is 11.2. The molecule has 2 unspecified atom stereocenters. The van der Waals surface area contributed by atoms with Crippen molar-refractivity contribution >= 4 is 47.9 Å². The molecule has 0 saturated carbocycles. The van der Waals surface area contributed by atoms with Gasteiger partial charge >= 0.3 is 0 Å². The number of rotatable bonds is 10. The third kappa shape index (κ3) is 6.09. The van der Waals surface area contributed by atoms with E-state index in [-0.39, 0.29) is 48.6 Å². The fourth-order valence-corrected chi connectivity index (χ4v) is 5.52. The van der Waals surface area contributed by atoms with Crippen LogP contribution in [0.25, 0.3) is 22.5 Å². The van der Waals surface area contributed by atoms with Crippen LogP contribution in [0.5, 0.6) is 17.2 Å². The van der Waals surface area contributed by atoms with E-state index in [9.17, 15) is 19.2 Å². The average molecular weight is 645 g/mol. The van der Waals surface area contributed by atoms with Crippen LogP contribution < -0.4 is 36.8 Å². The molecule has 224 valence electrons. The number of aromatic amines is 2. The molecule has 4 aromatic rings. The number of nitrogens with one attached hydrogen (secondary N) is 2. The van der Waals surface area contributed by atoms with Gasteiger partial charge in [-0.25, -0.2) is 0 Å². The van der Waals surface area contributed by atoms with Crippen LogP contribution in [0.2, 0.25) is 5.02 Å². The molecule has 13 nitrogen and oxygen atoms in total. The van der Waals surface area contributed by atoms with E-state index in [0.29, 0.717) is 5.75 Å². The van der Waals surface area contributed by atoms with Gasteiger partial charge in [-0.15, -0.1) is 0 Å². The highest BCUT2D eigenvalue weighted by Gasteiger charge is 2.38. The molecule has 0 aliphatic rings. The topological polar surface area (TPSA) is 189 Å². The lowest BCUT2D eigenvalue weighted by Gasteiger charge is -2.30. The van der Waals surface area contributed by atoms with Gasteiger partial charge in [0.2, 0.25) is 11.8 Å². The number of carbonyl (C=O) groups excluding carboxylic acids is 2. The Kier molecular flexibility index (Phi) is 9.18. The molecule has 0 aliphatic carbocycles. The third-order valence-electron chi connectivity index (χ3n) is 6.51. The maximum absolute atomic E-state index is 13.4. The van der Waals surface area contributed by atoms with E-state index in [1.807, 2.05) is 0 Å². The normalized spacial score (nSPS) is 12.3. The number of carbonyl (C=O) groups is 2. The Morgan fingerprint density at radius 3 is 1.60 bits per heavy atom. The molecule has 2 atom stereocenters. The Balaban J connectivity index is 2.15. The molecule has 16 heteroatoms. The van der Waals surface area contributed by atoms with Crippen molar-refractivity contribution in [2.75, 3.05) is 21.3 Å². The lowest BCUT2D eigenvalue weighted by Crippen LogP contribution is -2.43. The van der Waals surface area contributed by atoms with E-state index in [4.69, 9.17) is 61.7 Å². The van der Waals surface area contributed by atoms with Gasteiger partial charge in [0.05, 0.1) is 32.7 Å².